The molecule has 1 aromatic heterocycles. The predicted molar refractivity (Wildman–Crippen MR) is 71.8 cm³/mol. The molecule has 2 aliphatic rings. The van der Waals surface area contributed by atoms with Gasteiger partial charge in [0, 0.05) is 24.5 Å². The third-order valence-electron chi connectivity index (χ3n) is 4.28. The molecule has 4 heteroatoms. The minimum Gasteiger partial charge on any atom is -0.363 e. The van der Waals surface area contributed by atoms with Gasteiger partial charge in [0.15, 0.2) is 5.82 Å². The maximum atomic E-state index is 12.2. The van der Waals surface area contributed by atoms with E-state index in [1.54, 1.807) is 6.20 Å². The van der Waals surface area contributed by atoms with E-state index in [0.29, 0.717) is 23.8 Å². The van der Waals surface area contributed by atoms with E-state index < -0.39 is 0 Å². The molecule has 1 atom stereocenters. The lowest BCUT2D eigenvalue weighted by Gasteiger charge is -2.20. The molecule has 0 aromatic carbocycles. The molecule has 4 nitrogen and oxygen atoms in total. The third kappa shape index (κ3) is 2.28. The monoisotopic (exact) mass is 247 g/mol. The molecule has 0 bridgehead atoms. The summed E-state index contributed by atoms with van der Waals surface area (Å²) < 4.78 is 1.83. The van der Waals surface area contributed by atoms with Gasteiger partial charge in [-0.2, -0.15) is 0 Å². The number of rotatable bonds is 4. The molecule has 0 radical (unpaired) electrons. The molecule has 0 aliphatic heterocycles. The highest BCUT2D eigenvalue weighted by Gasteiger charge is 2.26. The molecular weight excluding hydrogens is 226 g/mol. The van der Waals surface area contributed by atoms with Crippen molar-refractivity contribution >= 4 is 5.82 Å². The first-order valence-electron chi connectivity index (χ1n) is 7.09. The number of anilines is 1. The molecule has 2 saturated carbocycles. The molecule has 98 valence electrons. The van der Waals surface area contributed by atoms with Crippen LogP contribution >= 0.6 is 0 Å². The molecule has 3 rings (SSSR count). The lowest BCUT2D eigenvalue weighted by atomic mass is 10.00. The second-order valence-electron chi connectivity index (χ2n) is 5.70. The Morgan fingerprint density at radius 1 is 1.33 bits per heavy atom. The Balaban J connectivity index is 1.75. The summed E-state index contributed by atoms with van der Waals surface area (Å²) in [7, 11) is 0. The summed E-state index contributed by atoms with van der Waals surface area (Å²) in [5, 5.41) is 3.33. The zero-order valence-corrected chi connectivity index (χ0v) is 10.9. The molecule has 1 heterocycles. The molecule has 2 fully saturated rings. The molecule has 0 saturated heterocycles. The largest absolute Gasteiger partial charge is 0.363 e. The predicted octanol–water partition coefficient (Wildman–Crippen LogP) is 2.57. The standard InChI is InChI=1S/C14H21N3O/c1-10(11-4-2-3-5-11)16-13-14(18)17(9-8-15-13)12-6-7-12/h8-12H,2-7H2,1H3,(H,15,16). The van der Waals surface area contributed by atoms with Crippen LogP contribution in [0.15, 0.2) is 17.2 Å². The van der Waals surface area contributed by atoms with Gasteiger partial charge >= 0.3 is 0 Å². The van der Waals surface area contributed by atoms with Gasteiger partial charge in [-0.1, -0.05) is 12.8 Å². The van der Waals surface area contributed by atoms with E-state index in [1.165, 1.54) is 25.7 Å². The van der Waals surface area contributed by atoms with Crippen LogP contribution in [0.25, 0.3) is 0 Å². The summed E-state index contributed by atoms with van der Waals surface area (Å²) >= 11 is 0. The second-order valence-corrected chi connectivity index (χ2v) is 5.70. The van der Waals surface area contributed by atoms with Crippen molar-refractivity contribution in [3.05, 3.63) is 22.7 Å². The number of hydrogen-bond acceptors (Lipinski definition) is 3. The highest BCUT2D eigenvalue weighted by Crippen LogP contribution is 2.33. The van der Waals surface area contributed by atoms with Crippen LogP contribution in [-0.4, -0.2) is 15.6 Å². The Morgan fingerprint density at radius 3 is 2.72 bits per heavy atom. The Kier molecular flexibility index (Phi) is 3.10. The SMILES string of the molecule is CC(Nc1nccn(C2CC2)c1=O)C1CCCC1. The van der Waals surface area contributed by atoms with Gasteiger partial charge < -0.3 is 9.88 Å². The van der Waals surface area contributed by atoms with E-state index in [4.69, 9.17) is 0 Å². The maximum absolute atomic E-state index is 12.2. The Morgan fingerprint density at radius 2 is 2.06 bits per heavy atom. The van der Waals surface area contributed by atoms with E-state index >= 15 is 0 Å². The van der Waals surface area contributed by atoms with Crippen molar-refractivity contribution in [2.24, 2.45) is 5.92 Å². The van der Waals surface area contributed by atoms with Crippen molar-refractivity contribution < 1.29 is 0 Å². The van der Waals surface area contributed by atoms with Gasteiger partial charge in [0.05, 0.1) is 0 Å². The summed E-state index contributed by atoms with van der Waals surface area (Å²) in [6, 6.07) is 0.769. The molecule has 2 aliphatic carbocycles. The number of aromatic nitrogens is 2. The minimum absolute atomic E-state index is 0.0462. The van der Waals surface area contributed by atoms with Crippen molar-refractivity contribution in [1.82, 2.24) is 9.55 Å². The first-order valence-corrected chi connectivity index (χ1v) is 7.09. The summed E-state index contributed by atoms with van der Waals surface area (Å²) in [5.74, 6) is 1.23. The average Bonchev–Trinajstić information content (AvgIpc) is 3.05. The number of hydrogen-bond donors (Lipinski definition) is 1. The fourth-order valence-electron chi connectivity index (χ4n) is 2.96. The van der Waals surface area contributed by atoms with E-state index in [0.717, 1.165) is 12.8 Å². The van der Waals surface area contributed by atoms with Gasteiger partial charge in [-0.3, -0.25) is 4.79 Å². The second kappa shape index (κ2) is 4.75. The van der Waals surface area contributed by atoms with Crippen LogP contribution in [0.1, 0.15) is 51.5 Å². The highest BCUT2D eigenvalue weighted by molar-refractivity contribution is 5.32. The lowest BCUT2D eigenvalue weighted by Crippen LogP contribution is -2.30. The van der Waals surface area contributed by atoms with Crippen LogP contribution < -0.4 is 10.9 Å². The van der Waals surface area contributed by atoms with Crippen molar-refractivity contribution in [2.75, 3.05) is 5.32 Å². The fourth-order valence-corrected chi connectivity index (χ4v) is 2.96. The minimum atomic E-state index is 0.0462. The first-order chi connectivity index (χ1) is 8.75. The normalized spacial score (nSPS) is 22.1. The number of nitrogens with zero attached hydrogens (tertiary/aromatic N) is 2. The van der Waals surface area contributed by atoms with Crippen LogP contribution in [0.2, 0.25) is 0 Å². The van der Waals surface area contributed by atoms with Gasteiger partial charge in [-0.15, -0.1) is 0 Å². The van der Waals surface area contributed by atoms with Crippen LogP contribution in [0.4, 0.5) is 5.82 Å². The van der Waals surface area contributed by atoms with Crippen molar-refractivity contribution in [3.8, 4) is 0 Å². The highest BCUT2D eigenvalue weighted by atomic mass is 16.1. The summed E-state index contributed by atoms with van der Waals surface area (Å²) in [5.41, 5.74) is 0.0462. The zero-order valence-electron chi connectivity index (χ0n) is 10.9. The summed E-state index contributed by atoms with van der Waals surface area (Å²) in [6.07, 6.45) is 11.0. The van der Waals surface area contributed by atoms with Gasteiger partial charge in [0.2, 0.25) is 0 Å². The quantitative estimate of drug-likeness (QED) is 0.889. The zero-order chi connectivity index (χ0) is 12.5. The van der Waals surface area contributed by atoms with Crippen LogP contribution in [0.5, 0.6) is 0 Å². The summed E-state index contributed by atoms with van der Waals surface area (Å²) in [6.45, 7) is 2.17. The van der Waals surface area contributed by atoms with Crippen molar-refractivity contribution in [1.29, 1.82) is 0 Å². The van der Waals surface area contributed by atoms with E-state index in [2.05, 4.69) is 17.2 Å². The smallest absolute Gasteiger partial charge is 0.293 e. The summed E-state index contributed by atoms with van der Waals surface area (Å²) in [4.78, 5) is 16.5. The van der Waals surface area contributed by atoms with Crippen LogP contribution in [-0.2, 0) is 0 Å². The maximum Gasteiger partial charge on any atom is 0.293 e. The molecular formula is C14H21N3O. The Bertz CT molecular complexity index is 472. The van der Waals surface area contributed by atoms with Crippen LogP contribution in [0, 0.1) is 5.92 Å². The molecule has 1 unspecified atom stereocenters. The van der Waals surface area contributed by atoms with Gasteiger partial charge in [0.1, 0.15) is 0 Å². The van der Waals surface area contributed by atoms with Crippen molar-refractivity contribution in [3.63, 3.8) is 0 Å². The molecule has 1 aromatic rings. The first kappa shape index (κ1) is 11.8. The van der Waals surface area contributed by atoms with E-state index in [1.807, 2.05) is 10.8 Å². The Labute approximate surface area is 107 Å². The molecule has 0 amide bonds. The molecule has 1 N–H and O–H groups in total. The molecule has 0 spiro atoms. The van der Waals surface area contributed by atoms with Gasteiger partial charge in [0.25, 0.3) is 5.56 Å². The van der Waals surface area contributed by atoms with Gasteiger partial charge in [-0.25, -0.2) is 4.98 Å². The molecule has 18 heavy (non-hydrogen) atoms. The van der Waals surface area contributed by atoms with Crippen LogP contribution in [0.3, 0.4) is 0 Å². The lowest BCUT2D eigenvalue weighted by molar-refractivity contribution is 0.480. The van der Waals surface area contributed by atoms with E-state index in [9.17, 15) is 4.79 Å². The number of nitrogens with one attached hydrogen (secondary N) is 1. The average molecular weight is 247 g/mol. The Hall–Kier alpha value is -1.32. The fraction of sp³-hybridized carbons (Fsp3) is 0.714. The van der Waals surface area contributed by atoms with Gasteiger partial charge in [-0.05, 0) is 38.5 Å². The third-order valence-corrected chi connectivity index (χ3v) is 4.28. The topological polar surface area (TPSA) is 46.9 Å². The van der Waals surface area contributed by atoms with Crippen molar-refractivity contribution in [2.45, 2.75) is 57.5 Å². The van der Waals surface area contributed by atoms with E-state index in [-0.39, 0.29) is 5.56 Å².